The van der Waals surface area contributed by atoms with Crippen molar-refractivity contribution in [3.63, 3.8) is 0 Å². The lowest BCUT2D eigenvalue weighted by Crippen LogP contribution is -2.25. The van der Waals surface area contributed by atoms with E-state index in [4.69, 9.17) is 27.9 Å². The molecule has 0 saturated heterocycles. The van der Waals surface area contributed by atoms with Gasteiger partial charge in [-0.05, 0) is 36.4 Å². The number of nitrogens with zero attached hydrogens (tertiary/aromatic N) is 2. The second-order valence-electron chi connectivity index (χ2n) is 4.80. The number of amides is 1. The van der Waals surface area contributed by atoms with E-state index in [1.165, 1.54) is 11.9 Å². The molecule has 0 unspecified atom stereocenters. The average Bonchev–Trinajstić information content (AvgIpc) is 2.94. The molecule has 6 heteroatoms. The van der Waals surface area contributed by atoms with Crippen LogP contribution in [0.5, 0.6) is 0 Å². The largest absolute Gasteiger partial charge is 0.446 e. The third-order valence-corrected chi connectivity index (χ3v) is 3.72. The van der Waals surface area contributed by atoms with Gasteiger partial charge in [0.15, 0.2) is 0 Å². The van der Waals surface area contributed by atoms with Crippen molar-refractivity contribution in [2.75, 3.05) is 0 Å². The van der Waals surface area contributed by atoms with Gasteiger partial charge in [0, 0.05) is 28.1 Å². The highest BCUT2D eigenvalue weighted by molar-refractivity contribution is 6.30. The van der Waals surface area contributed by atoms with Crippen LogP contribution < -0.4 is 0 Å². The van der Waals surface area contributed by atoms with Gasteiger partial charge in [0.1, 0.15) is 0 Å². The molecule has 1 amide bonds. The number of carbonyl (C=O) groups excluding carboxylic acids is 1. The minimum atomic E-state index is -0.597. The number of rotatable bonds is 2. The lowest BCUT2D eigenvalue weighted by atomic mass is 10.2. The Morgan fingerprint density at radius 3 is 2.14 bits per heavy atom. The monoisotopic (exact) mass is 334 g/mol. The Bertz CT molecular complexity index is 727. The van der Waals surface area contributed by atoms with E-state index >= 15 is 0 Å². The van der Waals surface area contributed by atoms with E-state index in [0.717, 1.165) is 11.1 Å². The van der Waals surface area contributed by atoms with Crippen LogP contribution in [0.1, 0.15) is 24.3 Å². The molecule has 2 aromatic rings. The number of hydrazone groups is 1. The zero-order chi connectivity index (χ0) is 15.7. The topological polar surface area (TPSA) is 41.9 Å². The molecule has 1 atom stereocenters. The van der Waals surface area contributed by atoms with Gasteiger partial charge in [-0.1, -0.05) is 35.3 Å². The summed E-state index contributed by atoms with van der Waals surface area (Å²) >= 11 is 11.8. The molecule has 0 radical (unpaired) electrons. The highest BCUT2D eigenvalue weighted by atomic mass is 35.5. The van der Waals surface area contributed by atoms with Crippen molar-refractivity contribution in [3.05, 3.63) is 69.7 Å². The smallest absolute Gasteiger partial charge is 0.243 e. The predicted molar refractivity (Wildman–Crippen MR) is 85.8 cm³/mol. The van der Waals surface area contributed by atoms with Gasteiger partial charge in [0.25, 0.3) is 0 Å². The summed E-state index contributed by atoms with van der Waals surface area (Å²) in [6.45, 7) is 1.45. The van der Waals surface area contributed by atoms with Gasteiger partial charge in [-0.2, -0.15) is 5.01 Å². The second kappa shape index (κ2) is 5.99. The molecule has 0 aromatic heterocycles. The molecule has 0 aliphatic carbocycles. The first kappa shape index (κ1) is 14.9. The molecule has 0 bridgehead atoms. The molecule has 2 aromatic carbocycles. The maximum atomic E-state index is 11.8. The van der Waals surface area contributed by atoms with E-state index in [9.17, 15) is 4.79 Å². The summed E-state index contributed by atoms with van der Waals surface area (Å²) in [5, 5.41) is 6.83. The van der Waals surface area contributed by atoms with E-state index < -0.39 is 6.23 Å². The molecular formula is C16H12Cl2N2O2. The quantitative estimate of drug-likeness (QED) is 0.824. The predicted octanol–water partition coefficient (Wildman–Crippen LogP) is 4.23. The number of hydrogen-bond donors (Lipinski definition) is 0. The van der Waals surface area contributed by atoms with Gasteiger partial charge < -0.3 is 4.74 Å². The van der Waals surface area contributed by atoms with Crippen LogP contribution in [-0.2, 0) is 9.53 Å². The first-order chi connectivity index (χ1) is 10.5. The minimum Gasteiger partial charge on any atom is -0.446 e. The van der Waals surface area contributed by atoms with Crippen molar-refractivity contribution in [1.82, 2.24) is 5.01 Å². The van der Waals surface area contributed by atoms with Gasteiger partial charge in [-0.3, -0.25) is 4.79 Å². The second-order valence-corrected chi connectivity index (χ2v) is 5.67. The molecule has 1 heterocycles. The summed E-state index contributed by atoms with van der Waals surface area (Å²) in [5.41, 5.74) is 1.56. The average molecular weight is 335 g/mol. The van der Waals surface area contributed by atoms with E-state index in [1.54, 1.807) is 36.4 Å². The van der Waals surface area contributed by atoms with Gasteiger partial charge in [-0.15, -0.1) is 5.10 Å². The highest BCUT2D eigenvalue weighted by Gasteiger charge is 2.32. The van der Waals surface area contributed by atoms with Crippen molar-refractivity contribution < 1.29 is 9.53 Å². The van der Waals surface area contributed by atoms with Gasteiger partial charge in [-0.25, -0.2) is 0 Å². The van der Waals surface area contributed by atoms with Crippen molar-refractivity contribution in [2.24, 2.45) is 5.10 Å². The fourth-order valence-electron chi connectivity index (χ4n) is 2.12. The lowest BCUT2D eigenvalue weighted by Gasteiger charge is -2.19. The summed E-state index contributed by atoms with van der Waals surface area (Å²) in [6.07, 6.45) is -0.597. The Morgan fingerprint density at radius 2 is 1.59 bits per heavy atom. The van der Waals surface area contributed by atoms with Crippen molar-refractivity contribution >= 4 is 35.0 Å². The summed E-state index contributed by atoms with van der Waals surface area (Å²) in [6, 6.07) is 14.2. The zero-order valence-corrected chi connectivity index (χ0v) is 13.2. The van der Waals surface area contributed by atoms with Crippen LogP contribution in [0.25, 0.3) is 0 Å². The van der Waals surface area contributed by atoms with Crippen molar-refractivity contribution in [1.29, 1.82) is 0 Å². The van der Waals surface area contributed by atoms with E-state index in [1.807, 2.05) is 12.1 Å². The third kappa shape index (κ3) is 2.93. The van der Waals surface area contributed by atoms with Crippen LogP contribution >= 0.6 is 23.2 Å². The Balaban J connectivity index is 1.92. The molecule has 1 aliphatic rings. The van der Waals surface area contributed by atoms with Gasteiger partial charge >= 0.3 is 0 Å². The maximum Gasteiger partial charge on any atom is 0.243 e. The first-order valence-electron chi connectivity index (χ1n) is 6.61. The Kier molecular flexibility index (Phi) is 4.05. The van der Waals surface area contributed by atoms with Crippen molar-refractivity contribution in [3.8, 4) is 0 Å². The molecule has 0 spiro atoms. The Labute approximate surface area is 137 Å². The van der Waals surface area contributed by atoms with E-state index in [2.05, 4.69) is 5.10 Å². The Hall–Kier alpha value is -2.04. The van der Waals surface area contributed by atoms with Crippen LogP contribution in [0, 0.1) is 0 Å². The molecule has 0 fully saturated rings. The van der Waals surface area contributed by atoms with Crippen LogP contribution in [0.3, 0.4) is 0 Å². The summed E-state index contributed by atoms with van der Waals surface area (Å²) in [4.78, 5) is 11.8. The van der Waals surface area contributed by atoms with E-state index in [-0.39, 0.29) is 5.91 Å². The summed E-state index contributed by atoms with van der Waals surface area (Å²) in [5.74, 6) is 0.177. The van der Waals surface area contributed by atoms with Crippen molar-refractivity contribution in [2.45, 2.75) is 13.2 Å². The zero-order valence-electron chi connectivity index (χ0n) is 11.7. The first-order valence-corrected chi connectivity index (χ1v) is 7.36. The molecule has 0 saturated carbocycles. The molecule has 22 heavy (non-hydrogen) atoms. The third-order valence-electron chi connectivity index (χ3n) is 3.21. The summed E-state index contributed by atoms with van der Waals surface area (Å²) in [7, 11) is 0. The lowest BCUT2D eigenvalue weighted by molar-refractivity contribution is -0.135. The standard InChI is InChI=1S/C16H12Cl2N2O2/c1-10(21)20-16(12-4-8-14(18)9-5-12)22-15(19-20)11-2-6-13(17)7-3-11/h2-9,16H,1H3/t16-/m0/s1. The van der Waals surface area contributed by atoms with Crippen LogP contribution in [-0.4, -0.2) is 16.8 Å². The number of halogens is 2. The molecular weight excluding hydrogens is 323 g/mol. The Morgan fingerprint density at radius 1 is 1.05 bits per heavy atom. The SMILES string of the molecule is CC(=O)N1N=C(c2ccc(Cl)cc2)O[C@H]1c1ccc(Cl)cc1. The molecule has 4 nitrogen and oxygen atoms in total. The number of ether oxygens (including phenoxy) is 1. The fourth-order valence-corrected chi connectivity index (χ4v) is 2.37. The molecule has 1 aliphatic heterocycles. The number of hydrogen-bond acceptors (Lipinski definition) is 3. The van der Waals surface area contributed by atoms with Crippen LogP contribution in [0.2, 0.25) is 10.0 Å². The fraction of sp³-hybridized carbons (Fsp3) is 0.125. The number of benzene rings is 2. The molecule has 0 N–H and O–H groups in total. The van der Waals surface area contributed by atoms with Gasteiger partial charge in [0.05, 0.1) is 0 Å². The highest BCUT2D eigenvalue weighted by Crippen LogP contribution is 2.31. The van der Waals surface area contributed by atoms with Gasteiger partial charge in [0.2, 0.25) is 18.0 Å². The minimum absolute atomic E-state index is 0.205. The van der Waals surface area contributed by atoms with E-state index in [0.29, 0.717) is 15.9 Å². The molecule has 3 rings (SSSR count). The number of carbonyl (C=O) groups is 1. The summed E-state index contributed by atoms with van der Waals surface area (Å²) < 4.78 is 5.86. The normalized spacial score (nSPS) is 17.1. The maximum absolute atomic E-state index is 11.8. The van der Waals surface area contributed by atoms with Crippen LogP contribution in [0.15, 0.2) is 53.6 Å². The molecule has 112 valence electrons. The van der Waals surface area contributed by atoms with Crippen LogP contribution in [0.4, 0.5) is 0 Å².